The number of nitrogen functional groups attached to an aromatic ring is 1. The van der Waals surface area contributed by atoms with Crippen molar-refractivity contribution in [2.24, 2.45) is 0 Å². The average molecular weight is 306 g/mol. The maximum absolute atomic E-state index is 6.09. The van der Waals surface area contributed by atoms with Crippen LogP contribution in [0.5, 0.6) is 0 Å². The predicted octanol–water partition coefficient (Wildman–Crippen LogP) is 2.78. The van der Waals surface area contributed by atoms with Gasteiger partial charge in [0.05, 0.1) is 11.9 Å². The fraction of sp³-hybridized carbons (Fsp3) is 0.235. The van der Waals surface area contributed by atoms with Crippen LogP contribution in [-0.2, 0) is 6.42 Å². The first-order chi connectivity index (χ1) is 11.2. The fourth-order valence-corrected chi connectivity index (χ4v) is 2.90. The van der Waals surface area contributed by atoms with Crippen LogP contribution in [0.3, 0.4) is 0 Å². The first-order valence-electron chi connectivity index (χ1n) is 7.73. The molecule has 6 nitrogen and oxygen atoms in total. The summed E-state index contributed by atoms with van der Waals surface area (Å²) in [7, 11) is 0. The number of rotatable bonds is 2. The molecule has 0 bridgehead atoms. The highest BCUT2D eigenvalue weighted by Gasteiger charge is 2.13. The van der Waals surface area contributed by atoms with Crippen LogP contribution in [0.1, 0.15) is 17.7 Å². The number of anilines is 2. The summed E-state index contributed by atoms with van der Waals surface area (Å²) >= 11 is 0. The van der Waals surface area contributed by atoms with Crippen LogP contribution < -0.4 is 11.1 Å². The van der Waals surface area contributed by atoms with Gasteiger partial charge in [-0.3, -0.25) is 5.10 Å². The number of nitrogens with two attached hydrogens (primary N) is 1. The van der Waals surface area contributed by atoms with Crippen LogP contribution in [0.15, 0.2) is 30.5 Å². The van der Waals surface area contributed by atoms with Crippen LogP contribution in [0.2, 0.25) is 0 Å². The monoisotopic (exact) mass is 306 g/mol. The third kappa shape index (κ3) is 2.52. The standard InChI is InChI=1S/C17H18N6/c1-10-7-14(23-22-10)16-17(18)21-15(9-20-16)12-5-4-11-3-2-6-19-13(11)8-12/h4-5,7-9,19H,2-3,6H2,1H3,(H2,18,21)(H,22,23). The van der Waals surface area contributed by atoms with Gasteiger partial charge >= 0.3 is 0 Å². The van der Waals surface area contributed by atoms with E-state index in [9.17, 15) is 0 Å². The molecule has 0 fully saturated rings. The Hall–Kier alpha value is -2.89. The summed E-state index contributed by atoms with van der Waals surface area (Å²) in [6.07, 6.45) is 4.05. The Balaban J connectivity index is 1.71. The highest BCUT2D eigenvalue weighted by atomic mass is 15.1. The Kier molecular flexibility index (Phi) is 3.22. The van der Waals surface area contributed by atoms with Crippen molar-refractivity contribution in [1.29, 1.82) is 0 Å². The molecule has 0 aliphatic carbocycles. The molecule has 3 heterocycles. The molecule has 0 amide bonds. The second-order valence-corrected chi connectivity index (χ2v) is 5.83. The van der Waals surface area contributed by atoms with E-state index in [-0.39, 0.29) is 0 Å². The summed E-state index contributed by atoms with van der Waals surface area (Å²) in [6, 6.07) is 8.26. The van der Waals surface area contributed by atoms with Crippen molar-refractivity contribution in [2.45, 2.75) is 19.8 Å². The summed E-state index contributed by atoms with van der Waals surface area (Å²) in [6.45, 7) is 2.95. The lowest BCUT2D eigenvalue weighted by atomic mass is 10.0. The van der Waals surface area contributed by atoms with E-state index in [2.05, 4.69) is 43.7 Å². The molecule has 116 valence electrons. The summed E-state index contributed by atoms with van der Waals surface area (Å²) in [5, 5.41) is 10.5. The van der Waals surface area contributed by atoms with E-state index in [4.69, 9.17) is 5.73 Å². The van der Waals surface area contributed by atoms with Gasteiger partial charge in [0.2, 0.25) is 0 Å². The molecule has 0 radical (unpaired) electrons. The van der Waals surface area contributed by atoms with E-state index >= 15 is 0 Å². The second-order valence-electron chi connectivity index (χ2n) is 5.83. The third-order valence-electron chi connectivity index (χ3n) is 4.09. The summed E-state index contributed by atoms with van der Waals surface area (Å²) < 4.78 is 0. The molecule has 1 aromatic carbocycles. The van der Waals surface area contributed by atoms with Gasteiger partial charge in [-0.05, 0) is 37.5 Å². The molecule has 1 aliphatic heterocycles. The molecule has 0 saturated heterocycles. The van der Waals surface area contributed by atoms with Crippen LogP contribution in [0.4, 0.5) is 11.5 Å². The van der Waals surface area contributed by atoms with Crippen LogP contribution in [0.25, 0.3) is 22.6 Å². The maximum Gasteiger partial charge on any atom is 0.152 e. The fourth-order valence-electron chi connectivity index (χ4n) is 2.90. The summed E-state index contributed by atoms with van der Waals surface area (Å²) in [4.78, 5) is 8.97. The smallest absolute Gasteiger partial charge is 0.152 e. The van der Waals surface area contributed by atoms with E-state index in [0.29, 0.717) is 17.2 Å². The summed E-state index contributed by atoms with van der Waals surface area (Å²) in [5.41, 5.74) is 12.7. The van der Waals surface area contributed by atoms with Crippen molar-refractivity contribution in [3.8, 4) is 22.6 Å². The molecule has 0 saturated carbocycles. The number of nitrogens with one attached hydrogen (secondary N) is 2. The number of fused-ring (bicyclic) bond motifs is 1. The number of nitrogens with zero attached hydrogens (tertiary/aromatic N) is 3. The second kappa shape index (κ2) is 5.39. The number of aryl methyl sites for hydroxylation is 2. The van der Waals surface area contributed by atoms with Gasteiger partial charge in [0.15, 0.2) is 5.82 Å². The zero-order chi connectivity index (χ0) is 15.8. The molecule has 1 aliphatic rings. The molecule has 4 N–H and O–H groups in total. The number of H-pyrrole nitrogens is 1. The van der Waals surface area contributed by atoms with E-state index in [0.717, 1.165) is 29.9 Å². The molecule has 2 aromatic heterocycles. The van der Waals surface area contributed by atoms with Crippen molar-refractivity contribution in [3.63, 3.8) is 0 Å². The van der Waals surface area contributed by atoms with Crippen LogP contribution in [0, 0.1) is 6.92 Å². The van der Waals surface area contributed by atoms with Crippen molar-refractivity contribution in [2.75, 3.05) is 17.6 Å². The van der Waals surface area contributed by atoms with Gasteiger partial charge in [0.1, 0.15) is 11.4 Å². The lowest BCUT2D eigenvalue weighted by Gasteiger charge is -2.18. The molecule has 23 heavy (non-hydrogen) atoms. The topological polar surface area (TPSA) is 92.5 Å². The maximum atomic E-state index is 6.09. The Morgan fingerprint density at radius 2 is 2.09 bits per heavy atom. The number of aromatic amines is 1. The van der Waals surface area contributed by atoms with E-state index in [1.165, 1.54) is 17.7 Å². The number of benzene rings is 1. The lowest BCUT2D eigenvalue weighted by molar-refractivity contribution is 0.830. The van der Waals surface area contributed by atoms with Crippen molar-refractivity contribution in [1.82, 2.24) is 20.2 Å². The van der Waals surface area contributed by atoms with Gasteiger partial charge in [0, 0.05) is 23.5 Å². The third-order valence-corrected chi connectivity index (χ3v) is 4.09. The zero-order valence-electron chi connectivity index (χ0n) is 12.9. The largest absolute Gasteiger partial charge is 0.385 e. The Bertz CT molecular complexity index is 867. The van der Waals surface area contributed by atoms with Gasteiger partial charge in [-0.25, -0.2) is 9.97 Å². The number of hydrogen-bond acceptors (Lipinski definition) is 5. The minimum atomic E-state index is 0.389. The highest BCUT2D eigenvalue weighted by Crippen LogP contribution is 2.29. The zero-order valence-corrected chi connectivity index (χ0v) is 12.9. The Morgan fingerprint density at radius 1 is 1.17 bits per heavy atom. The summed E-state index contributed by atoms with van der Waals surface area (Å²) in [5.74, 6) is 0.389. The molecule has 3 aromatic rings. The van der Waals surface area contributed by atoms with Gasteiger partial charge in [-0.2, -0.15) is 5.10 Å². The molecular weight excluding hydrogens is 288 g/mol. The minimum absolute atomic E-state index is 0.389. The Labute approximate surface area is 134 Å². The van der Waals surface area contributed by atoms with Crippen LogP contribution in [-0.4, -0.2) is 26.7 Å². The van der Waals surface area contributed by atoms with Gasteiger partial charge < -0.3 is 11.1 Å². The highest BCUT2D eigenvalue weighted by molar-refractivity contribution is 5.72. The number of hydrogen-bond donors (Lipinski definition) is 3. The molecule has 6 heteroatoms. The minimum Gasteiger partial charge on any atom is -0.385 e. The molecule has 0 unspecified atom stereocenters. The lowest BCUT2D eigenvalue weighted by Crippen LogP contribution is -2.11. The van der Waals surface area contributed by atoms with Gasteiger partial charge in [-0.15, -0.1) is 0 Å². The van der Waals surface area contributed by atoms with Crippen molar-refractivity contribution in [3.05, 3.63) is 41.7 Å². The molecule has 0 atom stereocenters. The Morgan fingerprint density at radius 3 is 2.87 bits per heavy atom. The SMILES string of the molecule is Cc1cc(-c2ncc(-c3ccc4c(c3)NCCC4)nc2N)n[nH]1. The quantitative estimate of drug-likeness (QED) is 0.677. The molecule has 0 spiro atoms. The normalized spacial score (nSPS) is 13.4. The van der Waals surface area contributed by atoms with E-state index in [1.54, 1.807) is 6.20 Å². The van der Waals surface area contributed by atoms with Crippen molar-refractivity contribution < 1.29 is 0 Å². The molecular formula is C17H18N6. The van der Waals surface area contributed by atoms with Crippen molar-refractivity contribution >= 4 is 11.5 Å². The van der Waals surface area contributed by atoms with Crippen LogP contribution >= 0.6 is 0 Å². The first-order valence-corrected chi connectivity index (χ1v) is 7.73. The van der Waals surface area contributed by atoms with Gasteiger partial charge in [-0.1, -0.05) is 12.1 Å². The van der Waals surface area contributed by atoms with E-state index in [1.807, 2.05) is 13.0 Å². The van der Waals surface area contributed by atoms with E-state index < -0.39 is 0 Å². The van der Waals surface area contributed by atoms with Gasteiger partial charge in [0.25, 0.3) is 0 Å². The number of aromatic nitrogens is 4. The first kappa shape index (κ1) is 13.8. The molecule has 4 rings (SSSR count). The predicted molar refractivity (Wildman–Crippen MR) is 91.0 cm³/mol. The average Bonchev–Trinajstić information content (AvgIpc) is 3.00.